The van der Waals surface area contributed by atoms with Crippen molar-refractivity contribution in [3.63, 3.8) is 0 Å². The van der Waals surface area contributed by atoms with Gasteiger partial charge in [-0.3, -0.25) is 0 Å². The van der Waals surface area contributed by atoms with Gasteiger partial charge in [0, 0.05) is 6.54 Å². The maximum atomic E-state index is 13.3. The molecule has 0 saturated carbocycles. The minimum Gasteiger partial charge on any atom is -0.326 e. The van der Waals surface area contributed by atoms with E-state index in [0.29, 0.717) is 16.7 Å². The van der Waals surface area contributed by atoms with Crippen LogP contribution in [0.5, 0.6) is 0 Å². The van der Waals surface area contributed by atoms with E-state index in [1.807, 2.05) is 0 Å². The molecule has 2 rings (SSSR count). The van der Waals surface area contributed by atoms with Gasteiger partial charge < -0.3 is 5.73 Å². The molecule has 0 atom stereocenters. The molecule has 2 N–H and O–H groups in total. The van der Waals surface area contributed by atoms with Crippen molar-refractivity contribution in [2.75, 3.05) is 0 Å². The van der Waals surface area contributed by atoms with Crippen LogP contribution in [0.4, 0.5) is 4.39 Å². The highest BCUT2D eigenvalue weighted by Gasteiger charge is 2.19. The molecular weight excluding hydrogens is 277 g/mol. The number of hydrogen-bond donors (Lipinski definition) is 1. The maximum absolute atomic E-state index is 13.3. The van der Waals surface area contributed by atoms with E-state index < -0.39 is 15.7 Å². The predicted octanol–water partition coefficient (Wildman–Crippen LogP) is 2.57. The fourth-order valence-electron chi connectivity index (χ4n) is 2.12. The largest absolute Gasteiger partial charge is 0.326 e. The Morgan fingerprint density at radius 3 is 2.45 bits per heavy atom. The molecule has 0 spiro atoms. The highest BCUT2D eigenvalue weighted by molar-refractivity contribution is 7.90. The van der Waals surface area contributed by atoms with Gasteiger partial charge in [-0.25, -0.2) is 12.8 Å². The van der Waals surface area contributed by atoms with Gasteiger partial charge in [-0.15, -0.1) is 0 Å². The Morgan fingerprint density at radius 2 is 1.80 bits per heavy atom. The lowest BCUT2D eigenvalue weighted by Crippen LogP contribution is -2.10. The molecule has 0 aliphatic carbocycles. The summed E-state index contributed by atoms with van der Waals surface area (Å²) in [5.41, 5.74) is 7.30. The van der Waals surface area contributed by atoms with Crippen molar-refractivity contribution in [2.45, 2.75) is 24.1 Å². The van der Waals surface area contributed by atoms with E-state index in [2.05, 4.69) is 0 Å². The van der Waals surface area contributed by atoms with Crippen LogP contribution in [0.1, 0.15) is 16.7 Å². The maximum Gasteiger partial charge on any atom is 0.182 e. The van der Waals surface area contributed by atoms with E-state index in [0.717, 1.165) is 0 Å². The SMILES string of the molecule is Cc1ccccc1S(=O)(=O)Cc1cc(F)ccc1CN. The molecule has 0 radical (unpaired) electrons. The first-order valence-electron chi connectivity index (χ1n) is 6.20. The zero-order valence-corrected chi connectivity index (χ0v) is 12.0. The molecule has 0 saturated heterocycles. The molecule has 20 heavy (non-hydrogen) atoms. The van der Waals surface area contributed by atoms with Gasteiger partial charge in [-0.05, 0) is 41.8 Å². The van der Waals surface area contributed by atoms with E-state index in [1.54, 1.807) is 31.2 Å². The molecule has 3 nitrogen and oxygen atoms in total. The second-order valence-corrected chi connectivity index (χ2v) is 6.60. The summed E-state index contributed by atoms with van der Waals surface area (Å²) in [6.07, 6.45) is 0. The van der Waals surface area contributed by atoms with Crippen LogP contribution in [0.2, 0.25) is 0 Å². The molecule has 2 aromatic rings. The van der Waals surface area contributed by atoms with Crippen molar-refractivity contribution in [1.29, 1.82) is 0 Å². The number of sulfone groups is 1. The van der Waals surface area contributed by atoms with E-state index in [9.17, 15) is 12.8 Å². The Hall–Kier alpha value is -1.72. The first kappa shape index (κ1) is 14.7. The van der Waals surface area contributed by atoms with Crippen molar-refractivity contribution >= 4 is 9.84 Å². The van der Waals surface area contributed by atoms with Crippen LogP contribution in [0.15, 0.2) is 47.4 Å². The van der Waals surface area contributed by atoms with E-state index >= 15 is 0 Å². The topological polar surface area (TPSA) is 60.2 Å². The summed E-state index contributed by atoms with van der Waals surface area (Å²) in [6, 6.07) is 10.8. The molecule has 0 amide bonds. The molecule has 106 valence electrons. The summed E-state index contributed by atoms with van der Waals surface area (Å²) in [6.45, 7) is 1.92. The van der Waals surface area contributed by atoms with Crippen LogP contribution in [0.25, 0.3) is 0 Å². The molecule has 5 heteroatoms. The van der Waals surface area contributed by atoms with Gasteiger partial charge in [-0.2, -0.15) is 0 Å². The molecular formula is C15H16FNO2S. The van der Waals surface area contributed by atoms with E-state index in [1.165, 1.54) is 18.2 Å². The van der Waals surface area contributed by atoms with Crippen LogP contribution < -0.4 is 5.73 Å². The lowest BCUT2D eigenvalue weighted by molar-refractivity contribution is 0.593. The predicted molar refractivity (Wildman–Crippen MR) is 76.4 cm³/mol. The molecule has 0 aliphatic heterocycles. The normalized spacial score (nSPS) is 11.6. The summed E-state index contributed by atoms with van der Waals surface area (Å²) in [5.74, 6) is -0.709. The monoisotopic (exact) mass is 293 g/mol. The number of rotatable bonds is 4. The van der Waals surface area contributed by atoms with Gasteiger partial charge >= 0.3 is 0 Å². The Morgan fingerprint density at radius 1 is 1.10 bits per heavy atom. The Bertz CT molecular complexity index is 726. The minimum absolute atomic E-state index is 0.179. The van der Waals surface area contributed by atoms with Gasteiger partial charge in [-0.1, -0.05) is 24.3 Å². The molecule has 2 aromatic carbocycles. The van der Waals surface area contributed by atoms with Crippen molar-refractivity contribution < 1.29 is 12.8 Å². The smallest absolute Gasteiger partial charge is 0.182 e. The quantitative estimate of drug-likeness (QED) is 0.942. The number of halogens is 1. The van der Waals surface area contributed by atoms with Crippen LogP contribution >= 0.6 is 0 Å². The third-order valence-electron chi connectivity index (χ3n) is 3.16. The summed E-state index contributed by atoms with van der Waals surface area (Å²) in [5, 5.41) is 0. The lowest BCUT2D eigenvalue weighted by Gasteiger charge is -2.11. The molecule has 0 aromatic heterocycles. The summed E-state index contributed by atoms with van der Waals surface area (Å²) in [7, 11) is -3.52. The van der Waals surface area contributed by atoms with Gasteiger partial charge in [0.1, 0.15) is 5.82 Å². The zero-order valence-electron chi connectivity index (χ0n) is 11.1. The molecule has 0 bridgehead atoms. The zero-order chi connectivity index (χ0) is 14.8. The summed E-state index contributed by atoms with van der Waals surface area (Å²) < 4.78 is 38.2. The van der Waals surface area contributed by atoms with Crippen LogP contribution in [0.3, 0.4) is 0 Å². The molecule has 0 unspecified atom stereocenters. The first-order chi connectivity index (χ1) is 9.44. The van der Waals surface area contributed by atoms with Crippen molar-refractivity contribution in [3.8, 4) is 0 Å². The first-order valence-corrected chi connectivity index (χ1v) is 7.85. The standard InChI is InChI=1S/C15H16FNO2S/c1-11-4-2-3-5-15(11)20(18,19)10-13-8-14(16)7-6-12(13)9-17/h2-8H,9-10,17H2,1H3. The summed E-state index contributed by atoms with van der Waals surface area (Å²) >= 11 is 0. The highest BCUT2D eigenvalue weighted by Crippen LogP contribution is 2.22. The highest BCUT2D eigenvalue weighted by atomic mass is 32.2. The second-order valence-electron chi connectivity index (χ2n) is 4.64. The fraction of sp³-hybridized carbons (Fsp3) is 0.200. The van der Waals surface area contributed by atoms with Gasteiger partial charge in [0.2, 0.25) is 0 Å². The average molecular weight is 293 g/mol. The van der Waals surface area contributed by atoms with Crippen LogP contribution in [-0.4, -0.2) is 8.42 Å². The number of nitrogens with two attached hydrogens (primary N) is 1. The van der Waals surface area contributed by atoms with Crippen molar-refractivity contribution in [3.05, 3.63) is 65.0 Å². The van der Waals surface area contributed by atoms with Crippen molar-refractivity contribution in [1.82, 2.24) is 0 Å². The molecule has 0 heterocycles. The van der Waals surface area contributed by atoms with Crippen molar-refractivity contribution in [2.24, 2.45) is 5.73 Å². The third-order valence-corrected chi connectivity index (χ3v) is 4.98. The van der Waals surface area contributed by atoms with Gasteiger partial charge in [0.25, 0.3) is 0 Å². The van der Waals surface area contributed by atoms with E-state index in [-0.39, 0.29) is 17.2 Å². The molecule has 0 aliphatic rings. The van der Waals surface area contributed by atoms with Gasteiger partial charge in [0.05, 0.1) is 10.6 Å². The Balaban J connectivity index is 2.44. The van der Waals surface area contributed by atoms with Crippen LogP contribution in [-0.2, 0) is 22.1 Å². The number of hydrogen-bond acceptors (Lipinski definition) is 3. The van der Waals surface area contributed by atoms with E-state index in [4.69, 9.17) is 5.73 Å². The van der Waals surface area contributed by atoms with Gasteiger partial charge in [0.15, 0.2) is 9.84 Å². The molecule has 0 fully saturated rings. The minimum atomic E-state index is -3.52. The fourth-order valence-corrected chi connectivity index (χ4v) is 3.79. The lowest BCUT2D eigenvalue weighted by atomic mass is 10.1. The number of benzene rings is 2. The Labute approximate surface area is 118 Å². The second kappa shape index (κ2) is 5.73. The van der Waals surface area contributed by atoms with Crippen LogP contribution in [0, 0.1) is 12.7 Å². The Kier molecular flexibility index (Phi) is 4.20. The summed E-state index contributed by atoms with van der Waals surface area (Å²) in [4.78, 5) is 0.271. The third kappa shape index (κ3) is 3.05. The number of aryl methyl sites for hydroxylation is 1. The average Bonchev–Trinajstić information content (AvgIpc) is 2.39.